The number of hydrogen-bond donors (Lipinski definition) is 0. The molecule has 0 radical (unpaired) electrons. The van der Waals surface area contributed by atoms with Crippen LogP contribution in [0.3, 0.4) is 0 Å². The van der Waals surface area contributed by atoms with Crippen LogP contribution in [0.4, 0.5) is 0 Å². The second-order valence-electron chi connectivity index (χ2n) is 3.14. The fourth-order valence-electron chi connectivity index (χ4n) is 1.31. The summed E-state index contributed by atoms with van der Waals surface area (Å²) in [5, 5.41) is 0. The van der Waals surface area contributed by atoms with Gasteiger partial charge in [0.05, 0.1) is 0 Å². The lowest BCUT2D eigenvalue weighted by Crippen LogP contribution is -1.80. The van der Waals surface area contributed by atoms with Gasteiger partial charge in [-0.15, -0.1) is 0 Å². The highest BCUT2D eigenvalue weighted by molar-refractivity contribution is 5.34. The molecule has 60 valence electrons. The van der Waals surface area contributed by atoms with E-state index in [0.717, 1.165) is 12.8 Å². The molecular formula is C11H16. The van der Waals surface area contributed by atoms with E-state index in [0.29, 0.717) is 0 Å². The summed E-state index contributed by atoms with van der Waals surface area (Å²) in [6.07, 6.45) is 9.02. The zero-order chi connectivity index (χ0) is 8.27. The summed E-state index contributed by atoms with van der Waals surface area (Å²) in [7, 11) is 0. The van der Waals surface area contributed by atoms with Gasteiger partial charge in [-0.25, -0.2) is 0 Å². The standard InChI is InChI=1S/C11H16/c1-4-11-8-6-9(2)5-7-10(11)3/h5-6,8H,4,7H2,1-3H3. The van der Waals surface area contributed by atoms with Crippen molar-refractivity contribution in [3.63, 3.8) is 0 Å². The maximum atomic E-state index is 2.29. The van der Waals surface area contributed by atoms with Crippen LogP contribution < -0.4 is 0 Å². The Morgan fingerprint density at radius 1 is 1.27 bits per heavy atom. The molecule has 0 nitrogen and oxygen atoms in total. The lowest BCUT2D eigenvalue weighted by molar-refractivity contribution is 1.07. The minimum absolute atomic E-state index is 1.13. The van der Waals surface area contributed by atoms with E-state index in [1.54, 1.807) is 0 Å². The number of hydrogen-bond acceptors (Lipinski definition) is 0. The molecule has 0 aromatic rings. The molecule has 0 unspecified atom stereocenters. The first-order chi connectivity index (χ1) is 5.24. The van der Waals surface area contributed by atoms with Gasteiger partial charge in [-0.05, 0) is 32.3 Å². The molecule has 0 heterocycles. The topological polar surface area (TPSA) is 0 Å². The van der Waals surface area contributed by atoms with E-state index in [4.69, 9.17) is 0 Å². The first kappa shape index (κ1) is 8.32. The molecule has 0 fully saturated rings. The Morgan fingerprint density at radius 2 is 2.00 bits per heavy atom. The van der Waals surface area contributed by atoms with Crippen LogP contribution in [0.1, 0.15) is 33.6 Å². The van der Waals surface area contributed by atoms with Gasteiger partial charge in [-0.1, -0.05) is 36.3 Å². The van der Waals surface area contributed by atoms with Crippen molar-refractivity contribution in [2.75, 3.05) is 0 Å². The van der Waals surface area contributed by atoms with E-state index in [-0.39, 0.29) is 0 Å². The molecule has 0 aliphatic heterocycles. The summed E-state index contributed by atoms with van der Waals surface area (Å²) in [6, 6.07) is 0. The average Bonchev–Trinajstić information content (AvgIpc) is 2.15. The normalized spacial score (nSPS) is 18.3. The third-order valence-corrected chi connectivity index (χ3v) is 2.21. The molecule has 1 aliphatic rings. The minimum atomic E-state index is 1.13. The summed E-state index contributed by atoms with van der Waals surface area (Å²) >= 11 is 0. The van der Waals surface area contributed by atoms with Gasteiger partial charge in [0.25, 0.3) is 0 Å². The molecule has 0 N–H and O–H groups in total. The second-order valence-corrected chi connectivity index (χ2v) is 3.14. The Balaban J connectivity index is 2.87. The molecule has 11 heavy (non-hydrogen) atoms. The third kappa shape index (κ3) is 2.07. The smallest absolute Gasteiger partial charge is 0.0130 e. The molecule has 0 spiro atoms. The van der Waals surface area contributed by atoms with Crippen LogP contribution >= 0.6 is 0 Å². The fourth-order valence-corrected chi connectivity index (χ4v) is 1.31. The zero-order valence-electron chi connectivity index (χ0n) is 7.65. The van der Waals surface area contributed by atoms with Gasteiger partial charge in [0.15, 0.2) is 0 Å². The number of rotatable bonds is 1. The van der Waals surface area contributed by atoms with E-state index < -0.39 is 0 Å². The summed E-state index contributed by atoms with van der Waals surface area (Å²) in [5.74, 6) is 0. The molecule has 1 aliphatic carbocycles. The third-order valence-electron chi connectivity index (χ3n) is 2.21. The Morgan fingerprint density at radius 3 is 2.64 bits per heavy atom. The summed E-state index contributed by atoms with van der Waals surface area (Å²) < 4.78 is 0. The van der Waals surface area contributed by atoms with Crippen molar-refractivity contribution in [3.05, 3.63) is 34.9 Å². The van der Waals surface area contributed by atoms with Gasteiger partial charge < -0.3 is 0 Å². The van der Waals surface area contributed by atoms with Gasteiger partial charge in [0.1, 0.15) is 0 Å². The van der Waals surface area contributed by atoms with Gasteiger partial charge in [0.2, 0.25) is 0 Å². The monoisotopic (exact) mass is 148 g/mol. The van der Waals surface area contributed by atoms with Crippen molar-refractivity contribution in [1.82, 2.24) is 0 Å². The van der Waals surface area contributed by atoms with Crippen LogP contribution in [0.25, 0.3) is 0 Å². The minimum Gasteiger partial charge on any atom is -0.0775 e. The molecule has 0 amide bonds. The quantitative estimate of drug-likeness (QED) is 0.532. The van der Waals surface area contributed by atoms with Crippen molar-refractivity contribution in [3.8, 4) is 0 Å². The van der Waals surface area contributed by atoms with Crippen LogP contribution in [0.2, 0.25) is 0 Å². The molecule has 0 aromatic carbocycles. The summed E-state index contributed by atoms with van der Waals surface area (Å²) in [5.41, 5.74) is 4.39. The highest BCUT2D eigenvalue weighted by Gasteiger charge is 1.98. The molecule has 0 heteroatoms. The zero-order valence-corrected chi connectivity index (χ0v) is 7.65. The fraction of sp³-hybridized carbons (Fsp3) is 0.455. The predicted octanol–water partition coefficient (Wildman–Crippen LogP) is 3.62. The van der Waals surface area contributed by atoms with Crippen molar-refractivity contribution < 1.29 is 0 Å². The van der Waals surface area contributed by atoms with E-state index in [1.807, 2.05) is 0 Å². The van der Waals surface area contributed by atoms with Gasteiger partial charge in [-0.3, -0.25) is 0 Å². The molecular weight excluding hydrogens is 132 g/mol. The molecule has 1 rings (SSSR count). The molecule has 0 atom stereocenters. The maximum Gasteiger partial charge on any atom is -0.0130 e. The van der Waals surface area contributed by atoms with Crippen LogP contribution in [-0.2, 0) is 0 Å². The van der Waals surface area contributed by atoms with Crippen LogP contribution in [0.5, 0.6) is 0 Å². The van der Waals surface area contributed by atoms with Crippen LogP contribution in [0.15, 0.2) is 34.9 Å². The maximum absolute atomic E-state index is 2.29. The lowest BCUT2D eigenvalue weighted by Gasteiger charge is -2.00. The van der Waals surface area contributed by atoms with Crippen molar-refractivity contribution >= 4 is 0 Å². The first-order valence-corrected chi connectivity index (χ1v) is 4.27. The molecule has 0 saturated carbocycles. The van der Waals surface area contributed by atoms with Crippen molar-refractivity contribution in [2.45, 2.75) is 33.6 Å². The SMILES string of the molecule is CCC1=C(C)CC=C(C)C=C1. The van der Waals surface area contributed by atoms with E-state index in [1.165, 1.54) is 16.7 Å². The summed E-state index contributed by atoms with van der Waals surface area (Å²) in [6.45, 7) is 6.59. The molecule has 0 saturated heterocycles. The van der Waals surface area contributed by atoms with Gasteiger partial charge in [-0.2, -0.15) is 0 Å². The van der Waals surface area contributed by atoms with Crippen LogP contribution in [0, 0.1) is 0 Å². The lowest BCUT2D eigenvalue weighted by atomic mass is 10.1. The Bertz CT molecular complexity index is 226. The van der Waals surface area contributed by atoms with E-state index in [2.05, 4.69) is 39.0 Å². The highest BCUT2D eigenvalue weighted by atomic mass is 14.0. The second kappa shape index (κ2) is 3.56. The molecule has 0 aromatic heterocycles. The van der Waals surface area contributed by atoms with E-state index in [9.17, 15) is 0 Å². The average molecular weight is 148 g/mol. The Kier molecular flexibility index (Phi) is 2.70. The Hall–Kier alpha value is -0.780. The van der Waals surface area contributed by atoms with Gasteiger partial charge in [0, 0.05) is 0 Å². The first-order valence-electron chi connectivity index (χ1n) is 4.27. The summed E-state index contributed by atoms with van der Waals surface area (Å²) in [4.78, 5) is 0. The number of allylic oxidation sites excluding steroid dienone is 6. The van der Waals surface area contributed by atoms with Crippen molar-refractivity contribution in [2.24, 2.45) is 0 Å². The largest absolute Gasteiger partial charge is 0.0775 e. The Labute approximate surface area is 69.3 Å². The molecule has 0 bridgehead atoms. The van der Waals surface area contributed by atoms with Crippen molar-refractivity contribution in [1.29, 1.82) is 0 Å². The van der Waals surface area contributed by atoms with E-state index >= 15 is 0 Å². The van der Waals surface area contributed by atoms with Crippen LogP contribution in [-0.4, -0.2) is 0 Å². The highest BCUT2D eigenvalue weighted by Crippen LogP contribution is 2.19. The van der Waals surface area contributed by atoms with Gasteiger partial charge >= 0.3 is 0 Å². The predicted molar refractivity (Wildman–Crippen MR) is 50.5 cm³/mol.